The molecule has 110 valence electrons. The van der Waals surface area contributed by atoms with Crippen LogP contribution in [0.4, 0.5) is 0 Å². The molecule has 3 rings (SSSR count). The molecule has 0 radical (unpaired) electrons. The summed E-state index contributed by atoms with van der Waals surface area (Å²) in [5.41, 5.74) is 2.79. The van der Waals surface area contributed by atoms with E-state index in [1.54, 1.807) is 11.3 Å². The van der Waals surface area contributed by atoms with Crippen molar-refractivity contribution in [3.8, 4) is 0 Å². The standard InChI is InChI=1S/C17H19ClN2S/c1-2-13-4-3-5-14-8-10-20(17(13)14)11-9-19-12-15-6-7-16(18)21-15/h3-8,10,19H,2,9,11-12H2,1H3. The topological polar surface area (TPSA) is 17.0 Å². The van der Waals surface area contributed by atoms with E-state index >= 15 is 0 Å². The van der Waals surface area contributed by atoms with E-state index in [1.165, 1.54) is 21.3 Å². The van der Waals surface area contributed by atoms with Gasteiger partial charge in [0.2, 0.25) is 0 Å². The maximum Gasteiger partial charge on any atom is 0.0931 e. The quantitative estimate of drug-likeness (QED) is 0.651. The average molecular weight is 319 g/mol. The predicted molar refractivity (Wildman–Crippen MR) is 92.4 cm³/mol. The minimum absolute atomic E-state index is 0.857. The smallest absolute Gasteiger partial charge is 0.0931 e. The number of nitrogens with zero attached hydrogens (tertiary/aromatic N) is 1. The number of halogens is 1. The molecule has 0 fully saturated rings. The van der Waals surface area contributed by atoms with E-state index in [2.05, 4.69) is 53.3 Å². The summed E-state index contributed by atoms with van der Waals surface area (Å²) in [5.74, 6) is 0. The Kier molecular flexibility index (Phi) is 4.63. The van der Waals surface area contributed by atoms with Gasteiger partial charge in [-0.15, -0.1) is 11.3 Å². The van der Waals surface area contributed by atoms with Crippen molar-refractivity contribution in [3.63, 3.8) is 0 Å². The van der Waals surface area contributed by atoms with Crippen LogP contribution in [0, 0.1) is 0 Å². The highest BCUT2D eigenvalue weighted by Crippen LogP contribution is 2.22. The minimum atomic E-state index is 0.857. The molecule has 0 unspecified atom stereocenters. The van der Waals surface area contributed by atoms with Gasteiger partial charge in [0.15, 0.2) is 0 Å². The number of hydrogen-bond acceptors (Lipinski definition) is 2. The van der Waals surface area contributed by atoms with Crippen molar-refractivity contribution >= 4 is 33.8 Å². The summed E-state index contributed by atoms with van der Waals surface area (Å²) in [4.78, 5) is 1.28. The van der Waals surface area contributed by atoms with Gasteiger partial charge < -0.3 is 9.88 Å². The highest BCUT2D eigenvalue weighted by Gasteiger charge is 2.05. The zero-order valence-corrected chi connectivity index (χ0v) is 13.7. The molecule has 0 bridgehead atoms. The zero-order chi connectivity index (χ0) is 14.7. The number of aryl methyl sites for hydroxylation is 1. The predicted octanol–water partition coefficient (Wildman–Crippen LogP) is 4.71. The molecule has 2 nitrogen and oxygen atoms in total. The van der Waals surface area contributed by atoms with Gasteiger partial charge in [-0.1, -0.05) is 36.7 Å². The number of thiophene rings is 1. The second-order valence-corrected chi connectivity index (χ2v) is 6.90. The minimum Gasteiger partial charge on any atom is -0.346 e. The highest BCUT2D eigenvalue weighted by atomic mass is 35.5. The van der Waals surface area contributed by atoms with Crippen molar-refractivity contribution in [1.29, 1.82) is 0 Å². The Morgan fingerprint density at radius 2 is 2.10 bits per heavy atom. The van der Waals surface area contributed by atoms with E-state index in [0.29, 0.717) is 0 Å². The molecule has 0 amide bonds. The van der Waals surface area contributed by atoms with Crippen LogP contribution in [-0.4, -0.2) is 11.1 Å². The van der Waals surface area contributed by atoms with Crippen molar-refractivity contribution < 1.29 is 0 Å². The van der Waals surface area contributed by atoms with Crippen molar-refractivity contribution in [1.82, 2.24) is 9.88 Å². The van der Waals surface area contributed by atoms with Gasteiger partial charge in [0.25, 0.3) is 0 Å². The van der Waals surface area contributed by atoms with Crippen LogP contribution < -0.4 is 5.32 Å². The first-order chi connectivity index (χ1) is 10.3. The van der Waals surface area contributed by atoms with E-state index in [0.717, 1.165) is 30.4 Å². The van der Waals surface area contributed by atoms with Gasteiger partial charge in [0.05, 0.1) is 9.85 Å². The lowest BCUT2D eigenvalue weighted by molar-refractivity contribution is 0.612. The molecule has 0 aliphatic heterocycles. The van der Waals surface area contributed by atoms with Crippen molar-refractivity contribution in [2.45, 2.75) is 26.4 Å². The molecule has 1 N–H and O–H groups in total. The molecular formula is C17H19ClN2S. The van der Waals surface area contributed by atoms with E-state index in [-0.39, 0.29) is 0 Å². The van der Waals surface area contributed by atoms with Crippen LogP contribution in [0.3, 0.4) is 0 Å². The molecule has 4 heteroatoms. The average Bonchev–Trinajstić information content (AvgIpc) is 3.10. The summed E-state index contributed by atoms with van der Waals surface area (Å²) in [5, 5.41) is 4.82. The second-order valence-electron chi connectivity index (χ2n) is 5.10. The molecule has 1 aromatic carbocycles. The SMILES string of the molecule is CCc1cccc2ccn(CCNCc3ccc(Cl)s3)c12. The Morgan fingerprint density at radius 3 is 2.86 bits per heavy atom. The fourth-order valence-electron chi connectivity index (χ4n) is 2.67. The highest BCUT2D eigenvalue weighted by molar-refractivity contribution is 7.16. The van der Waals surface area contributed by atoms with Crippen LogP contribution in [0.15, 0.2) is 42.6 Å². The number of aromatic nitrogens is 1. The molecule has 2 aromatic heterocycles. The summed E-state index contributed by atoms with van der Waals surface area (Å²) in [6.45, 7) is 5.04. The van der Waals surface area contributed by atoms with Gasteiger partial charge in [0, 0.05) is 30.7 Å². The van der Waals surface area contributed by atoms with Crippen LogP contribution in [0.1, 0.15) is 17.4 Å². The Hall–Kier alpha value is -1.29. The molecular weight excluding hydrogens is 300 g/mol. The third-order valence-corrected chi connectivity index (χ3v) is 4.94. The maximum atomic E-state index is 5.94. The zero-order valence-electron chi connectivity index (χ0n) is 12.1. The van der Waals surface area contributed by atoms with E-state index in [9.17, 15) is 0 Å². The molecule has 0 spiro atoms. The monoisotopic (exact) mass is 318 g/mol. The van der Waals surface area contributed by atoms with Gasteiger partial charge >= 0.3 is 0 Å². The molecule has 3 aromatic rings. The number of hydrogen-bond donors (Lipinski definition) is 1. The Morgan fingerprint density at radius 1 is 1.19 bits per heavy atom. The van der Waals surface area contributed by atoms with Crippen molar-refractivity contribution in [2.75, 3.05) is 6.54 Å². The van der Waals surface area contributed by atoms with Crippen molar-refractivity contribution in [2.24, 2.45) is 0 Å². The largest absolute Gasteiger partial charge is 0.346 e. The molecule has 0 atom stereocenters. The first-order valence-electron chi connectivity index (χ1n) is 7.29. The molecule has 0 saturated heterocycles. The van der Waals surface area contributed by atoms with Gasteiger partial charge in [0.1, 0.15) is 0 Å². The number of fused-ring (bicyclic) bond motifs is 1. The van der Waals surface area contributed by atoms with E-state index < -0.39 is 0 Å². The molecule has 0 aliphatic rings. The fraction of sp³-hybridized carbons (Fsp3) is 0.294. The number of rotatable bonds is 6. The van der Waals surface area contributed by atoms with Gasteiger partial charge in [-0.25, -0.2) is 0 Å². The van der Waals surface area contributed by atoms with Crippen LogP contribution in [0.25, 0.3) is 10.9 Å². The lowest BCUT2D eigenvalue weighted by Gasteiger charge is -2.09. The Bertz CT molecular complexity index is 729. The molecule has 0 saturated carbocycles. The van der Waals surface area contributed by atoms with Gasteiger partial charge in [-0.05, 0) is 35.6 Å². The number of para-hydroxylation sites is 1. The van der Waals surface area contributed by atoms with Crippen LogP contribution in [0.5, 0.6) is 0 Å². The summed E-state index contributed by atoms with van der Waals surface area (Å²) in [6, 6.07) is 12.8. The van der Waals surface area contributed by atoms with Crippen LogP contribution in [0.2, 0.25) is 4.34 Å². The summed E-state index contributed by atoms with van der Waals surface area (Å²) >= 11 is 7.58. The maximum absolute atomic E-state index is 5.94. The summed E-state index contributed by atoms with van der Waals surface area (Å²) < 4.78 is 3.21. The normalized spacial score (nSPS) is 11.3. The number of benzene rings is 1. The lowest BCUT2D eigenvalue weighted by atomic mass is 10.1. The Balaban J connectivity index is 1.63. The van der Waals surface area contributed by atoms with Gasteiger partial charge in [-0.2, -0.15) is 0 Å². The summed E-state index contributed by atoms with van der Waals surface area (Å²) in [6.07, 6.45) is 3.26. The third kappa shape index (κ3) is 3.31. The van der Waals surface area contributed by atoms with Gasteiger partial charge in [-0.3, -0.25) is 0 Å². The third-order valence-electron chi connectivity index (χ3n) is 3.71. The Labute approximate surface area is 134 Å². The molecule has 0 aliphatic carbocycles. The fourth-order valence-corrected chi connectivity index (χ4v) is 3.73. The van der Waals surface area contributed by atoms with E-state index in [1.807, 2.05) is 6.07 Å². The van der Waals surface area contributed by atoms with Crippen LogP contribution >= 0.6 is 22.9 Å². The summed E-state index contributed by atoms with van der Waals surface area (Å²) in [7, 11) is 0. The number of nitrogens with one attached hydrogen (secondary N) is 1. The first kappa shape index (κ1) is 14.6. The first-order valence-corrected chi connectivity index (χ1v) is 8.49. The molecule has 21 heavy (non-hydrogen) atoms. The van der Waals surface area contributed by atoms with Crippen LogP contribution in [-0.2, 0) is 19.5 Å². The molecule has 2 heterocycles. The second kappa shape index (κ2) is 6.65. The van der Waals surface area contributed by atoms with Crippen molar-refractivity contribution in [3.05, 3.63) is 57.4 Å². The van der Waals surface area contributed by atoms with E-state index in [4.69, 9.17) is 11.6 Å². The lowest BCUT2D eigenvalue weighted by Crippen LogP contribution is -2.18.